The van der Waals surface area contributed by atoms with Crippen LogP contribution in [0.4, 0.5) is 0 Å². The molecule has 1 aromatic carbocycles. The Kier molecular flexibility index (Phi) is 6.72. The van der Waals surface area contributed by atoms with Crippen LogP contribution in [0.3, 0.4) is 0 Å². The predicted molar refractivity (Wildman–Crippen MR) is 108 cm³/mol. The number of ether oxygens (including phenoxy) is 1. The number of benzene rings is 1. The Bertz CT molecular complexity index is 888. The average molecular weight is 402 g/mol. The minimum Gasteiger partial charge on any atom is -0.486 e. The third kappa shape index (κ3) is 5.13. The standard InChI is InChI=1S/C20H27N5O2S/c1-6-16-7-9-17(10-8-16)26-12-18-22-24-20(25(18)11-13(2)3)28-14(4)19-23-21-15(5)27-19/h7-10,13-14H,6,11-12H2,1-5H3. The highest BCUT2D eigenvalue weighted by Crippen LogP contribution is 2.33. The Labute approximate surface area is 169 Å². The van der Waals surface area contributed by atoms with E-state index in [-0.39, 0.29) is 5.25 Å². The summed E-state index contributed by atoms with van der Waals surface area (Å²) in [5.74, 6) is 3.26. The van der Waals surface area contributed by atoms with Gasteiger partial charge in [0.1, 0.15) is 12.4 Å². The van der Waals surface area contributed by atoms with Gasteiger partial charge in [-0.05, 0) is 37.0 Å². The number of hydrogen-bond acceptors (Lipinski definition) is 7. The molecule has 3 aromatic rings. The molecule has 0 fully saturated rings. The molecule has 0 N–H and O–H groups in total. The molecule has 7 nitrogen and oxygen atoms in total. The molecule has 2 heterocycles. The number of thioether (sulfide) groups is 1. The minimum atomic E-state index is -0.00771. The first-order chi connectivity index (χ1) is 13.5. The zero-order valence-corrected chi connectivity index (χ0v) is 17.9. The van der Waals surface area contributed by atoms with Crippen LogP contribution in [0.2, 0.25) is 0 Å². The molecule has 0 radical (unpaired) electrons. The zero-order chi connectivity index (χ0) is 20.1. The maximum Gasteiger partial charge on any atom is 0.229 e. The third-order valence-corrected chi connectivity index (χ3v) is 5.28. The van der Waals surface area contributed by atoms with Gasteiger partial charge in [0, 0.05) is 13.5 Å². The van der Waals surface area contributed by atoms with E-state index in [1.165, 1.54) is 5.56 Å². The summed E-state index contributed by atoms with van der Waals surface area (Å²) < 4.78 is 13.6. The van der Waals surface area contributed by atoms with Gasteiger partial charge in [0.05, 0.1) is 5.25 Å². The fraction of sp³-hybridized carbons (Fsp3) is 0.500. The van der Waals surface area contributed by atoms with E-state index < -0.39 is 0 Å². The van der Waals surface area contributed by atoms with Gasteiger partial charge < -0.3 is 13.7 Å². The smallest absolute Gasteiger partial charge is 0.229 e. The second-order valence-electron chi connectivity index (χ2n) is 7.11. The first-order valence-corrected chi connectivity index (χ1v) is 10.4. The summed E-state index contributed by atoms with van der Waals surface area (Å²) in [5, 5.41) is 17.6. The highest BCUT2D eigenvalue weighted by atomic mass is 32.2. The lowest BCUT2D eigenvalue weighted by atomic mass is 10.2. The number of rotatable bonds is 9. The molecule has 0 aliphatic carbocycles. The largest absolute Gasteiger partial charge is 0.486 e. The van der Waals surface area contributed by atoms with Crippen molar-refractivity contribution in [3.63, 3.8) is 0 Å². The summed E-state index contributed by atoms with van der Waals surface area (Å²) in [6.45, 7) is 11.5. The van der Waals surface area contributed by atoms with Crippen LogP contribution < -0.4 is 4.74 Å². The lowest BCUT2D eigenvalue weighted by Gasteiger charge is -2.14. The van der Waals surface area contributed by atoms with Gasteiger partial charge in [0.2, 0.25) is 11.8 Å². The van der Waals surface area contributed by atoms with E-state index in [1.54, 1.807) is 18.7 Å². The van der Waals surface area contributed by atoms with Crippen molar-refractivity contribution >= 4 is 11.8 Å². The number of aromatic nitrogens is 5. The van der Waals surface area contributed by atoms with Crippen molar-refractivity contribution < 1.29 is 9.15 Å². The third-order valence-electron chi connectivity index (χ3n) is 4.21. The first kappa shape index (κ1) is 20.4. The molecule has 28 heavy (non-hydrogen) atoms. The minimum absolute atomic E-state index is 0.00771. The molecule has 8 heteroatoms. The summed E-state index contributed by atoms with van der Waals surface area (Å²) in [6, 6.07) is 8.17. The normalized spacial score (nSPS) is 12.5. The SMILES string of the molecule is CCc1ccc(OCc2nnc(SC(C)c3nnc(C)o3)n2CC(C)C)cc1. The van der Waals surface area contributed by atoms with Gasteiger partial charge in [-0.2, -0.15) is 0 Å². The van der Waals surface area contributed by atoms with Gasteiger partial charge in [-0.3, -0.25) is 0 Å². The van der Waals surface area contributed by atoms with E-state index in [1.807, 2.05) is 19.1 Å². The van der Waals surface area contributed by atoms with Gasteiger partial charge in [-0.25, -0.2) is 0 Å². The van der Waals surface area contributed by atoms with Crippen LogP contribution in [0.15, 0.2) is 33.8 Å². The molecule has 0 saturated heterocycles. The molecule has 1 unspecified atom stereocenters. The topological polar surface area (TPSA) is 78.9 Å². The van der Waals surface area contributed by atoms with Gasteiger partial charge in [-0.15, -0.1) is 20.4 Å². The maximum absolute atomic E-state index is 5.95. The molecule has 0 aliphatic rings. The lowest BCUT2D eigenvalue weighted by Crippen LogP contribution is -2.12. The second-order valence-corrected chi connectivity index (χ2v) is 8.42. The highest BCUT2D eigenvalue weighted by Gasteiger charge is 2.20. The van der Waals surface area contributed by atoms with E-state index in [0.29, 0.717) is 24.3 Å². The van der Waals surface area contributed by atoms with E-state index in [9.17, 15) is 0 Å². The Hall–Kier alpha value is -2.35. The van der Waals surface area contributed by atoms with Crippen LogP contribution in [-0.4, -0.2) is 25.0 Å². The molecule has 3 rings (SSSR count). The predicted octanol–water partition coefficient (Wildman–Crippen LogP) is 4.62. The summed E-state index contributed by atoms with van der Waals surface area (Å²) in [6.07, 6.45) is 1.02. The van der Waals surface area contributed by atoms with Gasteiger partial charge >= 0.3 is 0 Å². The first-order valence-electron chi connectivity index (χ1n) is 9.56. The van der Waals surface area contributed by atoms with Crippen molar-refractivity contribution in [3.05, 3.63) is 47.4 Å². The fourth-order valence-electron chi connectivity index (χ4n) is 2.72. The molecule has 0 bridgehead atoms. The van der Waals surface area contributed by atoms with E-state index in [2.05, 4.69) is 57.9 Å². The van der Waals surface area contributed by atoms with Crippen molar-refractivity contribution in [1.29, 1.82) is 0 Å². The van der Waals surface area contributed by atoms with Crippen LogP contribution in [0.5, 0.6) is 5.75 Å². The van der Waals surface area contributed by atoms with E-state index in [0.717, 1.165) is 29.7 Å². The Balaban J connectivity index is 1.73. The van der Waals surface area contributed by atoms with Crippen LogP contribution in [-0.2, 0) is 19.6 Å². The van der Waals surface area contributed by atoms with E-state index in [4.69, 9.17) is 9.15 Å². The average Bonchev–Trinajstić information content (AvgIpc) is 3.27. The van der Waals surface area contributed by atoms with Gasteiger partial charge in [-0.1, -0.05) is 44.7 Å². The Morgan fingerprint density at radius 1 is 1.07 bits per heavy atom. The lowest BCUT2D eigenvalue weighted by molar-refractivity contribution is 0.284. The van der Waals surface area contributed by atoms with Crippen molar-refractivity contribution in [2.75, 3.05) is 0 Å². The molecule has 0 aliphatic heterocycles. The molecule has 1 atom stereocenters. The Morgan fingerprint density at radius 2 is 1.82 bits per heavy atom. The van der Waals surface area contributed by atoms with Crippen LogP contribution in [0.25, 0.3) is 0 Å². The van der Waals surface area contributed by atoms with Crippen LogP contribution >= 0.6 is 11.8 Å². The summed E-state index contributed by atoms with van der Waals surface area (Å²) in [4.78, 5) is 0. The van der Waals surface area contributed by atoms with Crippen molar-refractivity contribution in [2.45, 2.75) is 64.6 Å². The summed E-state index contributed by atoms with van der Waals surface area (Å²) in [7, 11) is 0. The molecule has 2 aromatic heterocycles. The van der Waals surface area contributed by atoms with Gasteiger partial charge in [0.15, 0.2) is 11.0 Å². The molecule has 0 amide bonds. The summed E-state index contributed by atoms with van der Waals surface area (Å²) in [5.41, 5.74) is 1.29. The number of aryl methyl sites for hydroxylation is 2. The highest BCUT2D eigenvalue weighted by molar-refractivity contribution is 7.99. The van der Waals surface area contributed by atoms with Crippen molar-refractivity contribution in [1.82, 2.24) is 25.0 Å². The van der Waals surface area contributed by atoms with Crippen LogP contribution in [0, 0.1) is 12.8 Å². The molecular weight excluding hydrogens is 374 g/mol. The molecular formula is C20H27N5O2S. The second kappa shape index (κ2) is 9.23. The Morgan fingerprint density at radius 3 is 2.43 bits per heavy atom. The summed E-state index contributed by atoms with van der Waals surface area (Å²) >= 11 is 1.56. The quantitative estimate of drug-likeness (QED) is 0.484. The molecule has 0 spiro atoms. The van der Waals surface area contributed by atoms with Crippen molar-refractivity contribution in [3.8, 4) is 5.75 Å². The monoisotopic (exact) mass is 401 g/mol. The molecule has 150 valence electrons. The van der Waals surface area contributed by atoms with Crippen molar-refractivity contribution in [2.24, 2.45) is 5.92 Å². The van der Waals surface area contributed by atoms with E-state index >= 15 is 0 Å². The molecule has 0 saturated carbocycles. The maximum atomic E-state index is 5.95. The number of nitrogens with zero attached hydrogens (tertiary/aromatic N) is 5. The fourth-order valence-corrected chi connectivity index (χ4v) is 3.62. The van der Waals surface area contributed by atoms with Gasteiger partial charge in [0.25, 0.3) is 0 Å². The zero-order valence-electron chi connectivity index (χ0n) is 17.0. The van der Waals surface area contributed by atoms with Crippen LogP contribution in [0.1, 0.15) is 56.1 Å². The number of hydrogen-bond donors (Lipinski definition) is 0.